The highest BCUT2D eigenvalue weighted by atomic mass is 35.5. The largest absolute Gasteiger partial charge is 0.456 e. The summed E-state index contributed by atoms with van der Waals surface area (Å²) in [5.74, 6) is 1.12. The lowest BCUT2D eigenvalue weighted by Gasteiger charge is -2.10. The van der Waals surface area contributed by atoms with Crippen LogP contribution in [-0.4, -0.2) is 9.55 Å². The summed E-state index contributed by atoms with van der Waals surface area (Å²) in [6.45, 7) is 0.659. The SMILES string of the molecule is Cl.N#Cc1cc(Cn2ccnc2)ccc1Oc1cccc(Cl)c1. The molecule has 0 radical (unpaired) electrons. The molecule has 0 aliphatic rings. The van der Waals surface area contributed by atoms with Gasteiger partial charge >= 0.3 is 0 Å². The molecule has 3 rings (SSSR count). The van der Waals surface area contributed by atoms with E-state index in [2.05, 4.69) is 11.1 Å². The summed E-state index contributed by atoms with van der Waals surface area (Å²) in [6.07, 6.45) is 5.34. The molecule has 0 aliphatic carbocycles. The molecule has 0 spiro atoms. The molecule has 0 bridgehead atoms. The minimum Gasteiger partial charge on any atom is -0.456 e. The smallest absolute Gasteiger partial charge is 0.145 e. The van der Waals surface area contributed by atoms with Crippen LogP contribution in [0.2, 0.25) is 5.02 Å². The normalized spacial score (nSPS) is 9.74. The quantitative estimate of drug-likeness (QED) is 0.690. The standard InChI is InChI=1S/C17H12ClN3O.ClH/c18-15-2-1-3-16(9-15)22-17-5-4-13(8-14(17)10-19)11-21-7-6-20-12-21;/h1-9,12H,11H2;1H. The van der Waals surface area contributed by atoms with Crippen LogP contribution >= 0.6 is 24.0 Å². The zero-order valence-corrected chi connectivity index (χ0v) is 13.6. The molecule has 0 saturated heterocycles. The maximum Gasteiger partial charge on any atom is 0.145 e. The Morgan fingerprint density at radius 3 is 2.78 bits per heavy atom. The van der Waals surface area contributed by atoms with E-state index in [1.54, 1.807) is 42.9 Å². The number of ether oxygens (including phenoxy) is 1. The molecule has 6 heteroatoms. The van der Waals surface area contributed by atoms with Crippen LogP contribution in [0.1, 0.15) is 11.1 Å². The van der Waals surface area contributed by atoms with Crippen molar-refractivity contribution in [2.24, 2.45) is 0 Å². The molecule has 1 heterocycles. The predicted molar refractivity (Wildman–Crippen MR) is 91.3 cm³/mol. The number of nitrogens with zero attached hydrogens (tertiary/aromatic N) is 3. The van der Waals surface area contributed by atoms with Crippen molar-refractivity contribution in [3.05, 3.63) is 77.3 Å². The molecular formula is C17H13Cl2N3O. The fourth-order valence-electron chi connectivity index (χ4n) is 2.10. The summed E-state index contributed by atoms with van der Waals surface area (Å²) in [7, 11) is 0. The minimum atomic E-state index is 0. The van der Waals surface area contributed by atoms with Crippen molar-refractivity contribution in [2.45, 2.75) is 6.54 Å². The fraction of sp³-hybridized carbons (Fsp3) is 0.0588. The van der Waals surface area contributed by atoms with Crippen LogP contribution < -0.4 is 4.74 Å². The summed E-state index contributed by atoms with van der Waals surface area (Å²) < 4.78 is 7.68. The third kappa shape index (κ3) is 4.26. The Labute approximate surface area is 145 Å². The monoisotopic (exact) mass is 345 g/mol. The Bertz CT molecular complexity index is 826. The van der Waals surface area contributed by atoms with E-state index in [0.29, 0.717) is 28.6 Å². The van der Waals surface area contributed by atoms with Gasteiger partial charge in [0.1, 0.15) is 17.6 Å². The van der Waals surface area contributed by atoms with Crippen LogP contribution in [0, 0.1) is 11.3 Å². The van der Waals surface area contributed by atoms with E-state index in [4.69, 9.17) is 16.3 Å². The van der Waals surface area contributed by atoms with Gasteiger partial charge in [0, 0.05) is 24.0 Å². The molecule has 0 amide bonds. The van der Waals surface area contributed by atoms with E-state index < -0.39 is 0 Å². The van der Waals surface area contributed by atoms with Gasteiger partial charge in [-0.2, -0.15) is 5.26 Å². The maximum absolute atomic E-state index is 9.33. The molecule has 0 unspecified atom stereocenters. The van der Waals surface area contributed by atoms with Gasteiger partial charge < -0.3 is 9.30 Å². The van der Waals surface area contributed by atoms with Crippen LogP contribution in [0.25, 0.3) is 0 Å². The zero-order valence-electron chi connectivity index (χ0n) is 12.0. The lowest BCUT2D eigenvalue weighted by molar-refractivity contribution is 0.481. The Kier molecular flexibility index (Phi) is 5.64. The first kappa shape index (κ1) is 16.9. The van der Waals surface area contributed by atoms with E-state index in [9.17, 15) is 5.26 Å². The molecule has 0 aliphatic heterocycles. The summed E-state index contributed by atoms with van der Waals surface area (Å²) in [5.41, 5.74) is 1.49. The molecule has 23 heavy (non-hydrogen) atoms. The van der Waals surface area contributed by atoms with Gasteiger partial charge in [0.15, 0.2) is 0 Å². The van der Waals surface area contributed by atoms with E-state index >= 15 is 0 Å². The van der Waals surface area contributed by atoms with Crippen molar-refractivity contribution >= 4 is 24.0 Å². The van der Waals surface area contributed by atoms with Gasteiger partial charge in [0.05, 0.1) is 11.9 Å². The molecule has 1 aromatic heterocycles. The third-order valence-electron chi connectivity index (χ3n) is 3.11. The van der Waals surface area contributed by atoms with Gasteiger partial charge in [0.2, 0.25) is 0 Å². The average Bonchev–Trinajstić information content (AvgIpc) is 3.02. The zero-order chi connectivity index (χ0) is 15.4. The summed E-state index contributed by atoms with van der Waals surface area (Å²) in [6, 6.07) is 14.8. The van der Waals surface area contributed by atoms with Crippen molar-refractivity contribution in [1.29, 1.82) is 5.26 Å². The number of hydrogen-bond acceptors (Lipinski definition) is 3. The van der Waals surface area contributed by atoms with Crippen LogP contribution in [0.3, 0.4) is 0 Å². The number of imidazole rings is 1. The Morgan fingerprint density at radius 1 is 1.22 bits per heavy atom. The van der Waals surface area contributed by atoms with Crippen LogP contribution in [0.4, 0.5) is 0 Å². The van der Waals surface area contributed by atoms with Gasteiger partial charge in [-0.25, -0.2) is 4.98 Å². The first-order chi connectivity index (χ1) is 10.7. The van der Waals surface area contributed by atoms with Crippen molar-refractivity contribution in [2.75, 3.05) is 0 Å². The lowest BCUT2D eigenvalue weighted by atomic mass is 10.1. The predicted octanol–water partition coefficient (Wildman–Crippen LogP) is 4.67. The number of halogens is 2. The van der Waals surface area contributed by atoms with E-state index in [1.165, 1.54) is 0 Å². The summed E-state index contributed by atoms with van der Waals surface area (Å²) in [4.78, 5) is 4.00. The molecule has 2 aromatic carbocycles. The third-order valence-corrected chi connectivity index (χ3v) is 3.35. The number of benzene rings is 2. The van der Waals surface area contributed by atoms with E-state index in [-0.39, 0.29) is 12.4 Å². The second-order valence-corrected chi connectivity index (χ2v) is 5.17. The van der Waals surface area contributed by atoms with Crippen molar-refractivity contribution < 1.29 is 4.74 Å². The molecule has 3 aromatic rings. The molecule has 4 nitrogen and oxygen atoms in total. The van der Waals surface area contributed by atoms with Crippen LogP contribution in [-0.2, 0) is 6.54 Å². The molecule has 0 fully saturated rings. The van der Waals surface area contributed by atoms with Crippen LogP contribution in [0.15, 0.2) is 61.2 Å². The van der Waals surface area contributed by atoms with Crippen molar-refractivity contribution in [3.8, 4) is 17.6 Å². The van der Waals surface area contributed by atoms with Gasteiger partial charge in [-0.1, -0.05) is 23.7 Å². The second kappa shape index (κ2) is 7.68. The topological polar surface area (TPSA) is 50.8 Å². The average molecular weight is 346 g/mol. The molecular weight excluding hydrogens is 333 g/mol. The highest BCUT2D eigenvalue weighted by Gasteiger charge is 2.07. The van der Waals surface area contributed by atoms with E-state index in [1.807, 2.05) is 22.9 Å². The Hall–Kier alpha value is -2.48. The number of rotatable bonds is 4. The highest BCUT2D eigenvalue weighted by molar-refractivity contribution is 6.30. The number of aromatic nitrogens is 2. The highest BCUT2D eigenvalue weighted by Crippen LogP contribution is 2.27. The Morgan fingerprint density at radius 2 is 2.09 bits per heavy atom. The second-order valence-electron chi connectivity index (χ2n) is 4.74. The lowest BCUT2D eigenvalue weighted by Crippen LogP contribution is -1.98. The summed E-state index contributed by atoms with van der Waals surface area (Å²) in [5, 5.41) is 9.92. The molecule has 116 valence electrons. The first-order valence-electron chi connectivity index (χ1n) is 6.67. The summed E-state index contributed by atoms with van der Waals surface area (Å²) >= 11 is 5.94. The number of nitriles is 1. The van der Waals surface area contributed by atoms with Gasteiger partial charge in [-0.05, 0) is 35.9 Å². The van der Waals surface area contributed by atoms with Crippen LogP contribution in [0.5, 0.6) is 11.5 Å². The van der Waals surface area contributed by atoms with Crippen molar-refractivity contribution in [3.63, 3.8) is 0 Å². The molecule has 0 saturated carbocycles. The first-order valence-corrected chi connectivity index (χ1v) is 7.04. The number of hydrogen-bond donors (Lipinski definition) is 0. The maximum atomic E-state index is 9.33. The van der Waals surface area contributed by atoms with E-state index in [0.717, 1.165) is 5.56 Å². The molecule has 0 N–H and O–H groups in total. The van der Waals surface area contributed by atoms with Gasteiger partial charge in [-0.3, -0.25) is 0 Å². The minimum absolute atomic E-state index is 0. The Balaban J connectivity index is 0.00000192. The fourth-order valence-corrected chi connectivity index (χ4v) is 2.28. The van der Waals surface area contributed by atoms with Gasteiger partial charge in [-0.15, -0.1) is 12.4 Å². The molecule has 0 atom stereocenters. The van der Waals surface area contributed by atoms with Gasteiger partial charge in [0.25, 0.3) is 0 Å². The van der Waals surface area contributed by atoms with Crippen molar-refractivity contribution in [1.82, 2.24) is 9.55 Å².